The monoisotopic (exact) mass is 156 g/mol. The van der Waals surface area contributed by atoms with Gasteiger partial charge in [0.15, 0.2) is 0 Å². The average molecular weight is 156 g/mol. The van der Waals surface area contributed by atoms with Gasteiger partial charge in [0.1, 0.15) is 0 Å². The molecule has 0 atom stereocenters. The van der Waals surface area contributed by atoms with Crippen LogP contribution in [0.4, 0.5) is 11.5 Å². The molecule has 0 N–H and O–H groups in total. The van der Waals surface area contributed by atoms with Gasteiger partial charge in [-0.15, -0.1) is 15.3 Å². The topological polar surface area (TPSA) is 50.5 Å². The van der Waals surface area contributed by atoms with Crippen molar-refractivity contribution >= 4 is 22.3 Å². The molecule has 0 aliphatic carbocycles. The molecule has 4 nitrogen and oxygen atoms in total. The molecule has 2 heterocycles. The molecule has 0 radical (unpaired) electrons. The number of benzene rings is 1. The lowest BCUT2D eigenvalue weighted by Gasteiger charge is -1.94. The smallest absolute Gasteiger partial charge is 0.156 e. The normalized spacial score (nSPS) is 12.7. The maximum absolute atomic E-state index is 3.97. The van der Waals surface area contributed by atoms with Gasteiger partial charge in [-0.1, -0.05) is 12.1 Å². The summed E-state index contributed by atoms with van der Waals surface area (Å²) in [7, 11) is 0. The lowest BCUT2D eigenvalue weighted by Crippen LogP contribution is -1.79. The molecule has 1 aromatic heterocycles. The molecule has 1 aliphatic heterocycles. The van der Waals surface area contributed by atoms with Crippen LogP contribution in [0.5, 0.6) is 0 Å². The van der Waals surface area contributed by atoms with E-state index in [2.05, 4.69) is 20.4 Å². The van der Waals surface area contributed by atoms with Crippen molar-refractivity contribution in [3.05, 3.63) is 24.4 Å². The van der Waals surface area contributed by atoms with Crippen molar-refractivity contribution in [1.82, 2.24) is 10.2 Å². The van der Waals surface area contributed by atoms with Crippen molar-refractivity contribution < 1.29 is 0 Å². The Balaban J connectivity index is 2.64. The Morgan fingerprint density at radius 3 is 3.08 bits per heavy atom. The fourth-order valence-corrected chi connectivity index (χ4v) is 1.36. The third kappa shape index (κ3) is 0.567. The highest BCUT2D eigenvalue weighted by Gasteiger charge is 2.12. The highest BCUT2D eigenvalue weighted by atomic mass is 15.2. The Labute approximate surface area is 68.0 Å². The van der Waals surface area contributed by atoms with Crippen LogP contribution < -0.4 is 0 Å². The molecular formula is C8H4N4. The summed E-state index contributed by atoms with van der Waals surface area (Å²) in [6.45, 7) is 0. The van der Waals surface area contributed by atoms with Gasteiger partial charge in [0, 0.05) is 5.39 Å². The number of hydrogen-bond acceptors (Lipinski definition) is 4. The van der Waals surface area contributed by atoms with Gasteiger partial charge in [-0.2, -0.15) is 5.10 Å². The zero-order chi connectivity index (χ0) is 7.97. The number of rotatable bonds is 0. The summed E-state index contributed by atoms with van der Waals surface area (Å²) in [6, 6.07) is 5.84. The van der Waals surface area contributed by atoms with Crippen LogP contribution in [0.2, 0.25) is 0 Å². The lowest BCUT2D eigenvalue weighted by atomic mass is 10.2. The summed E-state index contributed by atoms with van der Waals surface area (Å²) in [4.78, 5) is 0. The van der Waals surface area contributed by atoms with Crippen LogP contribution in [0, 0.1) is 0 Å². The van der Waals surface area contributed by atoms with Crippen molar-refractivity contribution in [1.29, 1.82) is 0 Å². The van der Waals surface area contributed by atoms with E-state index in [1.54, 1.807) is 6.20 Å². The van der Waals surface area contributed by atoms with E-state index in [1.807, 2.05) is 18.2 Å². The van der Waals surface area contributed by atoms with Crippen LogP contribution in [0.15, 0.2) is 34.6 Å². The number of aromatic nitrogens is 2. The van der Waals surface area contributed by atoms with E-state index >= 15 is 0 Å². The molecular weight excluding hydrogens is 152 g/mol. The SMILES string of the molecule is c1cc2c3c(nncc3c1)N=N2. The minimum Gasteiger partial charge on any atom is -0.156 e. The predicted octanol–water partition coefficient (Wildman–Crippen LogP) is 2.36. The fraction of sp³-hybridized carbons (Fsp3) is 0. The minimum atomic E-state index is 0.628. The second-order valence-electron chi connectivity index (χ2n) is 2.61. The van der Waals surface area contributed by atoms with Gasteiger partial charge in [0.25, 0.3) is 0 Å². The second-order valence-corrected chi connectivity index (χ2v) is 2.61. The largest absolute Gasteiger partial charge is 0.206 e. The molecule has 0 saturated carbocycles. The first-order chi connectivity index (χ1) is 5.95. The third-order valence-electron chi connectivity index (χ3n) is 1.90. The van der Waals surface area contributed by atoms with Crippen molar-refractivity contribution in [3.63, 3.8) is 0 Å². The molecule has 1 aromatic carbocycles. The first kappa shape index (κ1) is 5.77. The maximum Gasteiger partial charge on any atom is 0.206 e. The predicted molar refractivity (Wildman–Crippen MR) is 43.7 cm³/mol. The molecule has 0 saturated heterocycles. The standard InChI is InChI=1S/C8H4N4/c1-2-5-4-9-11-8-7(5)6(3-1)10-12-8/h1-4H. The van der Waals surface area contributed by atoms with Gasteiger partial charge in [-0.05, 0) is 6.07 Å². The average Bonchev–Trinajstić information content (AvgIpc) is 2.52. The summed E-state index contributed by atoms with van der Waals surface area (Å²) in [5.41, 5.74) is 0.886. The van der Waals surface area contributed by atoms with Crippen molar-refractivity contribution in [2.24, 2.45) is 10.2 Å². The molecule has 0 unspecified atom stereocenters. The zero-order valence-corrected chi connectivity index (χ0v) is 6.10. The van der Waals surface area contributed by atoms with Crippen molar-refractivity contribution in [2.75, 3.05) is 0 Å². The van der Waals surface area contributed by atoms with Crippen LogP contribution in [-0.2, 0) is 0 Å². The van der Waals surface area contributed by atoms with Crippen LogP contribution in [0.25, 0.3) is 10.8 Å². The first-order valence-corrected chi connectivity index (χ1v) is 3.61. The van der Waals surface area contributed by atoms with E-state index in [1.165, 1.54) is 0 Å². The van der Waals surface area contributed by atoms with Gasteiger partial charge in [-0.25, -0.2) is 0 Å². The fourth-order valence-electron chi connectivity index (χ4n) is 1.36. The third-order valence-corrected chi connectivity index (χ3v) is 1.90. The van der Waals surface area contributed by atoms with E-state index in [0.29, 0.717) is 5.82 Å². The van der Waals surface area contributed by atoms with Crippen molar-refractivity contribution in [2.45, 2.75) is 0 Å². The Hall–Kier alpha value is -1.84. The second kappa shape index (κ2) is 1.85. The number of hydrogen-bond donors (Lipinski definition) is 0. The molecule has 0 bridgehead atoms. The van der Waals surface area contributed by atoms with E-state index in [-0.39, 0.29) is 0 Å². The molecule has 3 rings (SSSR count). The summed E-state index contributed by atoms with van der Waals surface area (Å²) < 4.78 is 0. The molecule has 1 aliphatic rings. The minimum absolute atomic E-state index is 0.628. The van der Waals surface area contributed by atoms with Gasteiger partial charge in [0.2, 0.25) is 5.82 Å². The van der Waals surface area contributed by atoms with Crippen LogP contribution >= 0.6 is 0 Å². The highest BCUT2D eigenvalue weighted by Crippen LogP contribution is 2.37. The summed E-state index contributed by atoms with van der Waals surface area (Å²) in [5, 5.41) is 17.6. The Bertz CT molecular complexity index is 449. The number of nitrogens with zero attached hydrogens (tertiary/aromatic N) is 4. The molecule has 0 fully saturated rings. The van der Waals surface area contributed by atoms with Crippen molar-refractivity contribution in [3.8, 4) is 0 Å². The molecule has 4 heteroatoms. The maximum atomic E-state index is 3.97. The van der Waals surface area contributed by atoms with Gasteiger partial charge >= 0.3 is 0 Å². The summed E-state index contributed by atoms with van der Waals surface area (Å²) >= 11 is 0. The quantitative estimate of drug-likeness (QED) is 0.501. The van der Waals surface area contributed by atoms with Crippen LogP contribution in [0.3, 0.4) is 0 Å². The Kier molecular flexibility index (Phi) is 0.889. The zero-order valence-electron chi connectivity index (χ0n) is 6.10. The van der Waals surface area contributed by atoms with E-state index < -0.39 is 0 Å². The van der Waals surface area contributed by atoms with E-state index in [4.69, 9.17) is 0 Å². The molecule has 0 spiro atoms. The van der Waals surface area contributed by atoms with Gasteiger partial charge in [0.05, 0.1) is 17.3 Å². The highest BCUT2D eigenvalue weighted by molar-refractivity contribution is 6.00. The molecule has 0 amide bonds. The van der Waals surface area contributed by atoms with Gasteiger partial charge < -0.3 is 0 Å². The molecule has 56 valence electrons. The van der Waals surface area contributed by atoms with Crippen LogP contribution in [0.1, 0.15) is 0 Å². The Morgan fingerprint density at radius 1 is 1.08 bits per heavy atom. The molecule has 12 heavy (non-hydrogen) atoms. The molecule has 2 aromatic rings. The van der Waals surface area contributed by atoms with E-state index in [9.17, 15) is 0 Å². The summed E-state index contributed by atoms with van der Waals surface area (Å²) in [5.74, 6) is 0.628. The van der Waals surface area contributed by atoms with Gasteiger partial charge in [-0.3, -0.25) is 0 Å². The lowest BCUT2D eigenvalue weighted by molar-refractivity contribution is 1.03. The first-order valence-electron chi connectivity index (χ1n) is 3.61. The van der Waals surface area contributed by atoms with Crippen LogP contribution in [-0.4, -0.2) is 10.2 Å². The van der Waals surface area contributed by atoms with E-state index in [0.717, 1.165) is 16.5 Å². The summed E-state index contributed by atoms with van der Waals surface area (Å²) in [6.07, 6.45) is 1.72. The Morgan fingerprint density at radius 2 is 2.08 bits per heavy atom. The number of azo groups is 1.